The van der Waals surface area contributed by atoms with E-state index in [4.69, 9.17) is 9.47 Å². The summed E-state index contributed by atoms with van der Waals surface area (Å²) in [6.45, 7) is 2.03. The molecule has 2 aromatic rings. The molecule has 5 nitrogen and oxygen atoms in total. The van der Waals surface area contributed by atoms with Crippen molar-refractivity contribution in [2.45, 2.75) is 13.1 Å². The second-order valence-electron chi connectivity index (χ2n) is 6.11. The molecule has 28 heavy (non-hydrogen) atoms. The molecule has 8 heteroatoms. The maximum atomic E-state index is 13.2. The molecule has 1 aliphatic rings. The molecule has 0 saturated carbocycles. The summed E-state index contributed by atoms with van der Waals surface area (Å²) in [7, 11) is 2.94. The van der Waals surface area contributed by atoms with Crippen LogP contribution in [0.5, 0.6) is 11.5 Å². The molecule has 1 aliphatic heterocycles. The lowest BCUT2D eigenvalue weighted by Gasteiger charge is -2.23. The molecule has 0 aromatic heterocycles. The number of fused-ring (bicyclic) bond motifs is 1. The molecule has 2 aromatic carbocycles. The lowest BCUT2D eigenvalue weighted by molar-refractivity contribution is -0.137. The van der Waals surface area contributed by atoms with Gasteiger partial charge in [0.15, 0.2) is 11.5 Å². The normalized spacial score (nSPS) is 14.3. The molecule has 0 saturated heterocycles. The lowest BCUT2D eigenvalue weighted by atomic mass is 9.97. The van der Waals surface area contributed by atoms with Crippen LogP contribution in [0.2, 0.25) is 0 Å². The van der Waals surface area contributed by atoms with Crippen LogP contribution in [0.15, 0.2) is 41.4 Å². The monoisotopic (exact) mass is 392 g/mol. The van der Waals surface area contributed by atoms with Crippen molar-refractivity contribution in [3.63, 3.8) is 0 Å². The molecule has 0 N–H and O–H groups in total. The molecule has 0 atom stereocenters. The number of alkyl halides is 3. The van der Waals surface area contributed by atoms with Gasteiger partial charge >= 0.3 is 6.18 Å². The van der Waals surface area contributed by atoms with Gasteiger partial charge in [0.1, 0.15) is 6.54 Å². The molecular weight excluding hydrogens is 373 g/mol. The average molecular weight is 392 g/mol. The number of carbonyl (C=O) groups excluding carboxylic acids is 1. The van der Waals surface area contributed by atoms with Crippen LogP contribution >= 0.6 is 0 Å². The van der Waals surface area contributed by atoms with Crippen LogP contribution in [-0.4, -0.2) is 38.9 Å². The molecule has 0 radical (unpaired) electrons. The van der Waals surface area contributed by atoms with E-state index < -0.39 is 11.7 Å². The van der Waals surface area contributed by atoms with Gasteiger partial charge in [0.25, 0.3) is 0 Å². The molecule has 0 unspecified atom stereocenters. The number of halogens is 3. The van der Waals surface area contributed by atoms with E-state index >= 15 is 0 Å². The standard InChI is InChI=1S/C20H19F3N2O3/c1-4-25-15-10-17(28-3)16(27-2)9-14(15)19(24-11-18(25)26)12-6-5-7-13(8-12)20(21,22)23/h5-10H,4,11H2,1-3H3. The fourth-order valence-electron chi connectivity index (χ4n) is 3.17. The van der Waals surface area contributed by atoms with Crippen LogP contribution in [0.25, 0.3) is 0 Å². The molecule has 148 valence electrons. The van der Waals surface area contributed by atoms with Crippen LogP contribution < -0.4 is 14.4 Å². The highest BCUT2D eigenvalue weighted by molar-refractivity contribution is 6.20. The van der Waals surface area contributed by atoms with Gasteiger partial charge in [0.2, 0.25) is 5.91 Å². The SMILES string of the molecule is CCN1C(=O)CN=C(c2cccc(C(F)(F)F)c2)c2cc(OC)c(OC)cc21. The number of hydrogen-bond acceptors (Lipinski definition) is 4. The Hall–Kier alpha value is -3.03. The van der Waals surface area contributed by atoms with Crippen molar-refractivity contribution in [1.29, 1.82) is 0 Å². The summed E-state index contributed by atoms with van der Waals surface area (Å²) >= 11 is 0. The number of methoxy groups -OCH3 is 2. The van der Waals surface area contributed by atoms with Crippen molar-refractivity contribution >= 4 is 17.3 Å². The zero-order valence-corrected chi connectivity index (χ0v) is 15.6. The third-order valence-electron chi connectivity index (χ3n) is 4.50. The Kier molecular flexibility index (Phi) is 5.31. The average Bonchev–Trinajstić information content (AvgIpc) is 2.81. The molecule has 0 aliphatic carbocycles. The zero-order valence-electron chi connectivity index (χ0n) is 15.6. The minimum Gasteiger partial charge on any atom is -0.493 e. The van der Waals surface area contributed by atoms with Gasteiger partial charge in [0, 0.05) is 23.7 Å². The van der Waals surface area contributed by atoms with Crippen molar-refractivity contribution in [3.05, 3.63) is 53.1 Å². The Morgan fingerprint density at radius 1 is 1.11 bits per heavy atom. The maximum Gasteiger partial charge on any atom is 0.416 e. The van der Waals surface area contributed by atoms with Crippen LogP contribution in [0.4, 0.5) is 18.9 Å². The quantitative estimate of drug-likeness (QED) is 0.792. The lowest BCUT2D eigenvalue weighted by Crippen LogP contribution is -2.32. The van der Waals surface area contributed by atoms with E-state index in [1.54, 1.807) is 18.2 Å². The van der Waals surface area contributed by atoms with Crippen LogP contribution in [0, 0.1) is 0 Å². The van der Waals surface area contributed by atoms with E-state index in [1.165, 1.54) is 25.2 Å². The second kappa shape index (κ2) is 7.53. The first-order chi connectivity index (χ1) is 13.3. The number of nitrogens with zero attached hydrogens (tertiary/aromatic N) is 2. The highest BCUT2D eigenvalue weighted by atomic mass is 19.4. The van der Waals surface area contributed by atoms with Gasteiger partial charge in [0.05, 0.1) is 31.2 Å². The third-order valence-corrected chi connectivity index (χ3v) is 4.50. The summed E-state index contributed by atoms with van der Waals surface area (Å²) in [6, 6.07) is 8.18. The molecular formula is C20H19F3N2O3. The first kappa shape index (κ1) is 19.7. The third kappa shape index (κ3) is 3.54. The topological polar surface area (TPSA) is 51.1 Å². The van der Waals surface area contributed by atoms with Gasteiger partial charge < -0.3 is 14.4 Å². The van der Waals surface area contributed by atoms with Crippen molar-refractivity contribution in [2.75, 3.05) is 32.2 Å². The minimum absolute atomic E-state index is 0.168. The number of ether oxygens (including phenoxy) is 2. The summed E-state index contributed by atoms with van der Waals surface area (Å²) in [5.41, 5.74) is 0.807. The van der Waals surface area contributed by atoms with Gasteiger partial charge in [-0.15, -0.1) is 0 Å². The summed E-state index contributed by atoms with van der Waals surface area (Å²) < 4.78 is 50.2. The van der Waals surface area contributed by atoms with Crippen LogP contribution in [-0.2, 0) is 11.0 Å². The number of rotatable bonds is 4. The predicted octanol–water partition coefficient (Wildman–Crippen LogP) is 3.93. The summed E-state index contributed by atoms with van der Waals surface area (Å²) in [6.07, 6.45) is -4.48. The highest BCUT2D eigenvalue weighted by Crippen LogP contribution is 2.38. The summed E-state index contributed by atoms with van der Waals surface area (Å²) in [5.74, 6) is 0.557. The Balaban J connectivity index is 2.25. The van der Waals surface area contributed by atoms with Crippen molar-refractivity contribution in [2.24, 2.45) is 4.99 Å². The molecule has 0 spiro atoms. The van der Waals surface area contributed by atoms with Crippen molar-refractivity contribution < 1.29 is 27.4 Å². The number of anilines is 1. The number of benzene rings is 2. The number of carbonyl (C=O) groups is 1. The first-order valence-corrected chi connectivity index (χ1v) is 8.59. The smallest absolute Gasteiger partial charge is 0.416 e. The van der Waals surface area contributed by atoms with E-state index in [-0.39, 0.29) is 18.0 Å². The molecule has 1 amide bonds. The van der Waals surface area contributed by atoms with Crippen molar-refractivity contribution in [3.8, 4) is 11.5 Å². The number of benzodiazepines with no additional fused rings is 1. The Bertz CT molecular complexity index is 939. The van der Waals surface area contributed by atoms with Gasteiger partial charge in [-0.3, -0.25) is 9.79 Å². The number of likely N-dealkylation sites (N-methyl/N-ethyl adjacent to an activating group) is 1. The molecule has 0 fully saturated rings. The van der Waals surface area contributed by atoms with Crippen molar-refractivity contribution in [1.82, 2.24) is 0 Å². The van der Waals surface area contributed by atoms with Crippen LogP contribution in [0.1, 0.15) is 23.6 Å². The molecule has 0 bridgehead atoms. The Morgan fingerprint density at radius 2 is 1.79 bits per heavy atom. The van der Waals surface area contributed by atoms with Gasteiger partial charge in [-0.1, -0.05) is 12.1 Å². The van der Waals surface area contributed by atoms with E-state index in [9.17, 15) is 18.0 Å². The Labute approximate surface area is 160 Å². The number of hydrogen-bond donors (Lipinski definition) is 0. The van der Waals surface area contributed by atoms with Gasteiger partial charge in [-0.2, -0.15) is 13.2 Å². The highest BCUT2D eigenvalue weighted by Gasteiger charge is 2.32. The predicted molar refractivity (Wildman–Crippen MR) is 99.5 cm³/mol. The van der Waals surface area contributed by atoms with E-state index in [0.717, 1.165) is 12.1 Å². The van der Waals surface area contributed by atoms with E-state index in [0.29, 0.717) is 35.0 Å². The fourth-order valence-corrected chi connectivity index (χ4v) is 3.17. The number of amides is 1. The van der Waals surface area contributed by atoms with Crippen LogP contribution in [0.3, 0.4) is 0 Å². The molecule has 3 rings (SSSR count). The second-order valence-corrected chi connectivity index (χ2v) is 6.11. The minimum atomic E-state index is -4.48. The van der Waals surface area contributed by atoms with Gasteiger partial charge in [-0.05, 0) is 25.1 Å². The molecule has 1 heterocycles. The Morgan fingerprint density at radius 3 is 2.39 bits per heavy atom. The van der Waals surface area contributed by atoms with E-state index in [1.807, 2.05) is 6.92 Å². The van der Waals surface area contributed by atoms with E-state index in [2.05, 4.69) is 4.99 Å². The fraction of sp³-hybridized carbons (Fsp3) is 0.300. The summed E-state index contributed by atoms with van der Waals surface area (Å²) in [5, 5.41) is 0. The summed E-state index contributed by atoms with van der Waals surface area (Å²) in [4.78, 5) is 18.4. The largest absolute Gasteiger partial charge is 0.493 e. The number of aliphatic imine (C=N–C) groups is 1. The maximum absolute atomic E-state index is 13.2. The zero-order chi connectivity index (χ0) is 20.5. The van der Waals surface area contributed by atoms with Gasteiger partial charge in [-0.25, -0.2) is 0 Å². The first-order valence-electron chi connectivity index (χ1n) is 8.59.